The number of nitrogens with zero attached hydrogens (tertiary/aromatic N) is 1. The first-order valence-corrected chi connectivity index (χ1v) is 6.30. The highest BCUT2D eigenvalue weighted by Crippen LogP contribution is 2.23. The fraction of sp³-hybridized carbons (Fsp3) is 0.200. The normalized spacial score (nSPS) is 10.4. The molecule has 2 rings (SSSR count). The number of carbonyl (C=O) groups excluding carboxylic acids is 1. The zero-order valence-electron chi connectivity index (χ0n) is 11.9. The largest absolute Gasteiger partial charge is 0.871 e. The van der Waals surface area contributed by atoms with Gasteiger partial charge in [0.15, 0.2) is 0 Å². The molecule has 0 aliphatic carbocycles. The van der Waals surface area contributed by atoms with E-state index in [0.29, 0.717) is 5.56 Å². The highest BCUT2D eigenvalue weighted by molar-refractivity contribution is 6.06. The van der Waals surface area contributed by atoms with Crippen LogP contribution in [0, 0.1) is 13.8 Å². The molecule has 1 aromatic heterocycles. The molecule has 110 valence electrons. The van der Waals surface area contributed by atoms with Gasteiger partial charge in [-0.1, -0.05) is 11.8 Å². The van der Waals surface area contributed by atoms with Crippen LogP contribution in [0.2, 0.25) is 0 Å². The van der Waals surface area contributed by atoms with Crippen molar-refractivity contribution in [3.05, 3.63) is 46.8 Å². The van der Waals surface area contributed by atoms with Crippen LogP contribution in [-0.4, -0.2) is 21.6 Å². The molecule has 6 nitrogen and oxygen atoms in total. The molecule has 1 heterocycles. The van der Waals surface area contributed by atoms with Crippen LogP contribution in [-0.2, 0) is 7.05 Å². The number of amides is 1. The summed E-state index contributed by atoms with van der Waals surface area (Å²) < 4.78 is 1.88. The van der Waals surface area contributed by atoms with Crippen LogP contribution in [0.3, 0.4) is 0 Å². The van der Waals surface area contributed by atoms with Gasteiger partial charge in [-0.3, -0.25) is 4.79 Å². The van der Waals surface area contributed by atoms with Crippen molar-refractivity contribution in [3.8, 4) is 5.75 Å². The molecule has 0 fully saturated rings. The molecule has 1 amide bonds. The van der Waals surface area contributed by atoms with Crippen LogP contribution in [0.15, 0.2) is 24.3 Å². The number of anilines is 1. The monoisotopic (exact) mass is 287 g/mol. The van der Waals surface area contributed by atoms with Gasteiger partial charge >= 0.3 is 5.97 Å². The van der Waals surface area contributed by atoms with Crippen LogP contribution in [0.4, 0.5) is 5.69 Å². The van der Waals surface area contributed by atoms with Crippen LogP contribution in [0.25, 0.3) is 0 Å². The highest BCUT2D eigenvalue weighted by Gasteiger charge is 2.14. The van der Waals surface area contributed by atoms with Gasteiger partial charge in [-0.2, -0.15) is 0 Å². The van der Waals surface area contributed by atoms with Crippen LogP contribution in [0.1, 0.15) is 32.1 Å². The van der Waals surface area contributed by atoms with Crippen LogP contribution >= 0.6 is 0 Å². The van der Waals surface area contributed by atoms with Crippen molar-refractivity contribution in [2.45, 2.75) is 13.8 Å². The predicted molar refractivity (Wildman–Crippen MR) is 75.7 cm³/mol. The number of carboxylic acid groups (broad SMARTS) is 1. The molecule has 0 bridgehead atoms. The molecule has 0 spiro atoms. The first-order chi connectivity index (χ1) is 9.81. The number of hydrogen-bond donors (Lipinski definition) is 2. The summed E-state index contributed by atoms with van der Waals surface area (Å²) in [5, 5.41) is 23.1. The van der Waals surface area contributed by atoms with Gasteiger partial charge in [0, 0.05) is 24.1 Å². The Morgan fingerprint density at radius 1 is 1.24 bits per heavy atom. The van der Waals surface area contributed by atoms with E-state index in [1.165, 1.54) is 12.1 Å². The molecule has 0 aliphatic heterocycles. The molecule has 2 N–H and O–H groups in total. The molecule has 0 saturated heterocycles. The zero-order valence-corrected chi connectivity index (χ0v) is 11.9. The van der Waals surface area contributed by atoms with Gasteiger partial charge in [-0.25, -0.2) is 4.79 Å². The second kappa shape index (κ2) is 5.32. The Labute approximate surface area is 121 Å². The summed E-state index contributed by atoms with van der Waals surface area (Å²) >= 11 is 0. The lowest BCUT2D eigenvalue weighted by Gasteiger charge is -2.15. The predicted octanol–water partition coefficient (Wildman–Crippen LogP) is 1.67. The van der Waals surface area contributed by atoms with E-state index < -0.39 is 17.6 Å². The van der Waals surface area contributed by atoms with E-state index in [0.717, 1.165) is 17.5 Å². The molecule has 1 aromatic carbocycles. The summed E-state index contributed by atoms with van der Waals surface area (Å²) in [5.41, 5.74) is 2.16. The number of benzene rings is 1. The van der Waals surface area contributed by atoms with E-state index in [1.54, 1.807) is 6.07 Å². The molecule has 0 aliphatic rings. The number of carboxylic acids is 1. The van der Waals surface area contributed by atoms with E-state index in [2.05, 4.69) is 5.32 Å². The second-order valence-electron chi connectivity index (χ2n) is 4.81. The topological polar surface area (TPSA) is 94.4 Å². The Hall–Kier alpha value is -2.76. The highest BCUT2D eigenvalue weighted by atomic mass is 16.4. The number of carbonyl (C=O) groups is 2. The van der Waals surface area contributed by atoms with Gasteiger partial charge in [0.1, 0.15) is 0 Å². The number of rotatable bonds is 3. The van der Waals surface area contributed by atoms with Gasteiger partial charge in [0.05, 0.1) is 11.1 Å². The lowest BCUT2D eigenvalue weighted by atomic mass is 10.1. The Kier molecular flexibility index (Phi) is 3.71. The average Bonchev–Trinajstić information content (AvgIpc) is 2.68. The van der Waals surface area contributed by atoms with Crippen molar-refractivity contribution in [1.29, 1.82) is 0 Å². The summed E-state index contributed by atoms with van der Waals surface area (Å²) in [4.78, 5) is 23.0. The van der Waals surface area contributed by atoms with Crippen molar-refractivity contribution in [1.82, 2.24) is 4.57 Å². The standard InChI is InChI=1S/C15H16N2O4/c1-8-6-11(9(2)17(8)3)14(19)16-12-5-4-10(15(20)21)7-13(12)18/h4-7,18H,1-3H3,(H,16,19)(H,20,21)/p-1. The number of aromatic carboxylic acids is 1. The SMILES string of the molecule is Cc1cc(C(=O)Nc2ccc(C(=O)O)cc2[O-])c(C)n1C. The molecule has 21 heavy (non-hydrogen) atoms. The molecule has 0 radical (unpaired) electrons. The lowest BCUT2D eigenvalue weighted by Crippen LogP contribution is -2.14. The van der Waals surface area contributed by atoms with Gasteiger partial charge in [0.25, 0.3) is 5.91 Å². The third-order valence-electron chi connectivity index (χ3n) is 3.50. The number of aromatic nitrogens is 1. The third-order valence-corrected chi connectivity index (χ3v) is 3.50. The van der Waals surface area contributed by atoms with E-state index in [1.807, 2.05) is 25.5 Å². The molecule has 6 heteroatoms. The maximum Gasteiger partial charge on any atom is 0.335 e. The fourth-order valence-corrected chi connectivity index (χ4v) is 2.03. The van der Waals surface area contributed by atoms with E-state index >= 15 is 0 Å². The van der Waals surface area contributed by atoms with Crippen molar-refractivity contribution in [2.75, 3.05) is 5.32 Å². The fourth-order valence-electron chi connectivity index (χ4n) is 2.03. The van der Waals surface area contributed by atoms with Gasteiger partial charge in [-0.05, 0) is 32.0 Å². The van der Waals surface area contributed by atoms with Crippen molar-refractivity contribution >= 4 is 17.6 Å². The summed E-state index contributed by atoms with van der Waals surface area (Å²) in [5.74, 6) is -2.11. The maximum atomic E-state index is 12.2. The van der Waals surface area contributed by atoms with Crippen molar-refractivity contribution in [3.63, 3.8) is 0 Å². The number of nitrogens with one attached hydrogen (secondary N) is 1. The second-order valence-corrected chi connectivity index (χ2v) is 4.81. The first kappa shape index (κ1) is 14.6. The number of hydrogen-bond acceptors (Lipinski definition) is 3. The summed E-state index contributed by atoms with van der Waals surface area (Å²) in [7, 11) is 1.85. The molecule has 0 saturated carbocycles. The molecule has 0 unspecified atom stereocenters. The van der Waals surface area contributed by atoms with Gasteiger partial charge in [0.2, 0.25) is 0 Å². The first-order valence-electron chi connectivity index (χ1n) is 6.30. The Morgan fingerprint density at radius 2 is 1.90 bits per heavy atom. The molecule has 0 atom stereocenters. The average molecular weight is 287 g/mol. The van der Waals surface area contributed by atoms with E-state index in [-0.39, 0.29) is 11.3 Å². The minimum atomic E-state index is -1.18. The Morgan fingerprint density at radius 3 is 2.38 bits per heavy atom. The molecular formula is C15H15N2O4-. The third kappa shape index (κ3) is 2.74. The van der Waals surface area contributed by atoms with Gasteiger partial charge < -0.3 is 20.1 Å². The van der Waals surface area contributed by atoms with Crippen molar-refractivity contribution in [2.24, 2.45) is 7.05 Å². The molecular weight excluding hydrogens is 272 g/mol. The van der Waals surface area contributed by atoms with Crippen LogP contribution < -0.4 is 10.4 Å². The maximum absolute atomic E-state index is 12.2. The van der Waals surface area contributed by atoms with Gasteiger partial charge in [-0.15, -0.1) is 0 Å². The summed E-state index contributed by atoms with van der Waals surface area (Å²) in [6.45, 7) is 3.69. The smallest absolute Gasteiger partial charge is 0.335 e. The van der Waals surface area contributed by atoms with Crippen molar-refractivity contribution < 1.29 is 19.8 Å². The Balaban J connectivity index is 2.27. The summed E-state index contributed by atoms with van der Waals surface area (Å²) in [6.07, 6.45) is 0. The molecule has 2 aromatic rings. The van der Waals surface area contributed by atoms with Crippen LogP contribution in [0.5, 0.6) is 5.75 Å². The quantitative estimate of drug-likeness (QED) is 0.897. The lowest BCUT2D eigenvalue weighted by molar-refractivity contribution is -0.267. The minimum Gasteiger partial charge on any atom is -0.871 e. The summed E-state index contributed by atoms with van der Waals surface area (Å²) in [6, 6.07) is 5.30. The number of aryl methyl sites for hydroxylation is 1. The zero-order chi connectivity index (χ0) is 15.7. The Bertz CT molecular complexity index is 732. The minimum absolute atomic E-state index is 0.0610. The van der Waals surface area contributed by atoms with E-state index in [9.17, 15) is 14.7 Å². The van der Waals surface area contributed by atoms with E-state index in [4.69, 9.17) is 5.11 Å².